The van der Waals surface area contributed by atoms with Gasteiger partial charge in [-0.2, -0.15) is 0 Å². The van der Waals surface area contributed by atoms with Crippen LogP contribution >= 0.6 is 0 Å². The number of hydrogen-bond acceptors (Lipinski definition) is 5. The molecule has 1 amide bonds. The minimum Gasteiger partial charge on any atom is -0.493 e. The van der Waals surface area contributed by atoms with Gasteiger partial charge in [0.2, 0.25) is 5.91 Å². The van der Waals surface area contributed by atoms with Gasteiger partial charge in [-0.1, -0.05) is 0 Å². The number of aliphatic hydroxyl groups excluding tert-OH is 1. The molecular weight excluding hydrogens is 332 g/mol. The van der Waals surface area contributed by atoms with Gasteiger partial charge in [0.1, 0.15) is 0 Å². The molecule has 0 bridgehead atoms. The number of fused-ring (bicyclic) bond motifs is 3. The van der Waals surface area contributed by atoms with Crippen LogP contribution in [-0.4, -0.2) is 67.3 Å². The van der Waals surface area contributed by atoms with E-state index in [2.05, 4.69) is 4.90 Å². The molecule has 3 unspecified atom stereocenters. The summed E-state index contributed by atoms with van der Waals surface area (Å²) in [6, 6.07) is 4.20. The van der Waals surface area contributed by atoms with E-state index in [1.54, 1.807) is 14.2 Å². The molecule has 2 aliphatic heterocycles. The van der Waals surface area contributed by atoms with Crippen LogP contribution in [0.5, 0.6) is 11.5 Å². The van der Waals surface area contributed by atoms with Crippen LogP contribution in [0.2, 0.25) is 0 Å². The molecule has 0 radical (unpaired) electrons. The second-order valence-electron chi connectivity index (χ2n) is 7.09. The SMILES string of the molecule is CCN(CC)C(=O)C1CN2CCc3cc(OC)c(OC)cc3C2CC1O. The number of amides is 1. The highest BCUT2D eigenvalue weighted by Crippen LogP contribution is 2.43. The largest absolute Gasteiger partial charge is 0.493 e. The van der Waals surface area contributed by atoms with Crippen LogP contribution in [-0.2, 0) is 11.2 Å². The van der Waals surface area contributed by atoms with Crippen molar-refractivity contribution in [3.8, 4) is 11.5 Å². The Kier molecular flexibility index (Phi) is 5.73. The lowest BCUT2D eigenvalue weighted by molar-refractivity contribution is -0.144. The third-order valence-corrected chi connectivity index (χ3v) is 5.87. The number of piperidine rings is 1. The Hall–Kier alpha value is -1.79. The maximum atomic E-state index is 12.8. The summed E-state index contributed by atoms with van der Waals surface area (Å²) in [5, 5.41) is 10.7. The van der Waals surface area contributed by atoms with E-state index in [1.807, 2.05) is 30.9 Å². The molecule has 0 aliphatic carbocycles. The summed E-state index contributed by atoms with van der Waals surface area (Å²) in [6.07, 6.45) is 0.859. The van der Waals surface area contributed by atoms with Gasteiger partial charge in [0.15, 0.2) is 11.5 Å². The first-order valence-electron chi connectivity index (χ1n) is 9.49. The molecule has 1 aromatic carbocycles. The zero-order valence-electron chi connectivity index (χ0n) is 16.2. The molecule has 1 fully saturated rings. The fourth-order valence-electron chi connectivity index (χ4n) is 4.35. The fourth-order valence-corrected chi connectivity index (χ4v) is 4.35. The van der Waals surface area contributed by atoms with Crippen LogP contribution in [0.25, 0.3) is 0 Å². The van der Waals surface area contributed by atoms with Crippen LogP contribution in [0.1, 0.15) is 37.4 Å². The molecule has 6 nitrogen and oxygen atoms in total. The number of carbonyl (C=O) groups excluding carboxylic acids is 1. The molecule has 0 saturated carbocycles. The average molecular weight is 362 g/mol. The number of hydrogen-bond donors (Lipinski definition) is 1. The Labute approximate surface area is 155 Å². The van der Waals surface area contributed by atoms with Gasteiger partial charge in [0.05, 0.1) is 26.2 Å². The second kappa shape index (κ2) is 7.84. The second-order valence-corrected chi connectivity index (χ2v) is 7.09. The molecule has 26 heavy (non-hydrogen) atoms. The van der Waals surface area contributed by atoms with Crippen molar-refractivity contribution in [1.29, 1.82) is 0 Å². The van der Waals surface area contributed by atoms with Crippen LogP contribution < -0.4 is 9.47 Å². The van der Waals surface area contributed by atoms with E-state index >= 15 is 0 Å². The van der Waals surface area contributed by atoms with Gasteiger partial charge in [0, 0.05) is 32.2 Å². The number of carbonyl (C=O) groups is 1. The van der Waals surface area contributed by atoms with Gasteiger partial charge in [-0.3, -0.25) is 9.69 Å². The van der Waals surface area contributed by atoms with Crippen LogP contribution in [0.15, 0.2) is 12.1 Å². The Morgan fingerprint density at radius 3 is 2.50 bits per heavy atom. The van der Waals surface area contributed by atoms with Crippen molar-refractivity contribution < 1.29 is 19.4 Å². The third kappa shape index (κ3) is 3.28. The molecular formula is C20H30N2O4. The lowest BCUT2D eigenvalue weighted by atomic mass is 9.81. The smallest absolute Gasteiger partial charge is 0.229 e. The fraction of sp³-hybridized carbons (Fsp3) is 0.650. The average Bonchev–Trinajstić information content (AvgIpc) is 2.67. The summed E-state index contributed by atoms with van der Waals surface area (Å²) in [5.74, 6) is 1.18. The first-order valence-corrected chi connectivity index (χ1v) is 9.49. The molecule has 1 N–H and O–H groups in total. The number of nitrogens with zero attached hydrogens (tertiary/aromatic N) is 2. The summed E-state index contributed by atoms with van der Waals surface area (Å²) in [5.41, 5.74) is 2.42. The van der Waals surface area contributed by atoms with Crippen LogP contribution in [0.3, 0.4) is 0 Å². The summed E-state index contributed by atoms with van der Waals surface area (Å²) < 4.78 is 10.9. The van der Waals surface area contributed by atoms with E-state index in [0.29, 0.717) is 31.8 Å². The van der Waals surface area contributed by atoms with Gasteiger partial charge < -0.3 is 19.5 Å². The Bertz CT molecular complexity index is 659. The number of methoxy groups -OCH3 is 2. The van der Waals surface area contributed by atoms with Crippen LogP contribution in [0, 0.1) is 5.92 Å². The highest BCUT2D eigenvalue weighted by Gasteiger charge is 2.42. The van der Waals surface area contributed by atoms with E-state index in [0.717, 1.165) is 18.7 Å². The normalized spacial score (nSPS) is 25.2. The molecule has 6 heteroatoms. The Balaban J connectivity index is 1.85. The minimum absolute atomic E-state index is 0.0686. The van der Waals surface area contributed by atoms with E-state index in [4.69, 9.17) is 9.47 Å². The van der Waals surface area contributed by atoms with Crippen molar-refractivity contribution in [3.63, 3.8) is 0 Å². The van der Waals surface area contributed by atoms with Crippen molar-refractivity contribution in [2.24, 2.45) is 5.92 Å². The van der Waals surface area contributed by atoms with Crippen molar-refractivity contribution in [2.75, 3.05) is 40.4 Å². The lowest BCUT2D eigenvalue weighted by Crippen LogP contribution is -2.53. The van der Waals surface area contributed by atoms with E-state index in [-0.39, 0.29) is 17.9 Å². The lowest BCUT2D eigenvalue weighted by Gasteiger charge is -2.46. The predicted molar refractivity (Wildman–Crippen MR) is 99.6 cm³/mol. The molecule has 1 aromatic rings. The summed E-state index contributed by atoms with van der Waals surface area (Å²) in [6.45, 7) is 6.83. The van der Waals surface area contributed by atoms with Crippen molar-refractivity contribution in [3.05, 3.63) is 23.3 Å². The summed E-state index contributed by atoms with van der Waals surface area (Å²) in [7, 11) is 3.28. The van der Waals surface area contributed by atoms with E-state index < -0.39 is 6.10 Å². The molecule has 3 rings (SSSR count). The molecule has 0 aromatic heterocycles. The topological polar surface area (TPSA) is 62.2 Å². The zero-order valence-corrected chi connectivity index (χ0v) is 16.2. The van der Waals surface area contributed by atoms with Crippen molar-refractivity contribution in [1.82, 2.24) is 9.80 Å². The van der Waals surface area contributed by atoms with Crippen LogP contribution in [0.4, 0.5) is 0 Å². The monoisotopic (exact) mass is 362 g/mol. The maximum Gasteiger partial charge on any atom is 0.229 e. The highest BCUT2D eigenvalue weighted by molar-refractivity contribution is 5.80. The molecule has 2 heterocycles. The van der Waals surface area contributed by atoms with Crippen molar-refractivity contribution >= 4 is 5.91 Å². The standard InChI is InChI=1S/C20H30N2O4/c1-5-21(6-2)20(24)15-12-22-8-7-13-9-18(25-3)19(26-4)10-14(13)16(22)11-17(15)23/h9-10,15-17,23H,5-8,11-12H2,1-4H3. The predicted octanol–water partition coefficient (Wildman–Crippen LogP) is 1.85. The van der Waals surface area contributed by atoms with Gasteiger partial charge in [-0.05, 0) is 49.9 Å². The Morgan fingerprint density at radius 1 is 1.23 bits per heavy atom. The highest BCUT2D eigenvalue weighted by atomic mass is 16.5. The van der Waals surface area contributed by atoms with E-state index in [9.17, 15) is 9.90 Å². The Morgan fingerprint density at radius 2 is 1.88 bits per heavy atom. The molecule has 3 atom stereocenters. The molecule has 0 spiro atoms. The maximum absolute atomic E-state index is 12.8. The minimum atomic E-state index is -0.622. The van der Waals surface area contributed by atoms with Crippen molar-refractivity contribution in [2.45, 2.75) is 38.8 Å². The summed E-state index contributed by atoms with van der Waals surface area (Å²) in [4.78, 5) is 16.9. The zero-order chi connectivity index (χ0) is 18.8. The molecule has 144 valence electrons. The number of benzene rings is 1. The quantitative estimate of drug-likeness (QED) is 0.866. The number of ether oxygens (including phenoxy) is 2. The van der Waals surface area contributed by atoms with Gasteiger partial charge in [-0.15, -0.1) is 0 Å². The summed E-state index contributed by atoms with van der Waals surface area (Å²) >= 11 is 0. The van der Waals surface area contributed by atoms with E-state index in [1.165, 1.54) is 11.1 Å². The number of aliphatic hydroxyl groups is 1. The third-order valence-electron chi connectivity index (χ3n) is 5.87. The molecule has 2 aliphatic rings. The van der Waals surface area contributed by atoms with Gasteiger partial charge in [0.25, 0.3) is 0 Å². The molecule has 1 saturated heterocycles. The first kappa shape index (κ1) is 19.0. The first-order chi connectivity index (χ1) is 12.5. The van der Waals surface area contributed by atoms with Gasteiger partial charge >= 0.3 is 0 Å². The van der Waals surface area contributed by atoms with Gasteiger partial charge in [-0.25, -0.2) is 0 Å². The number of rotatable bonds is 5.